The van der Waals surface area contributed by atoms with E-state index in [1.54, 1.807) is 0 Å². The number of pyridine rings is 3. The van der Waals surface area contributed by atoms with Gasteiger partial charge in [0, 0.05) is 27.7 Å². The molecule has 0 aliphatic rings. The van der Waals surface area contributed by atoms with Gasteiger partial charge >= 0.3 is 0 Å². The Labute approximate surface area is 298 Å². The first-order valence-electron chi connectivity index (χ1n) is 17.6. The zero-order valence-electron chi connectivity index (χ0n) is 28.8. The molecule has 6 aromatic carbocycles. The van der Waals surface area contributed by atoms with Gasteiger partial charge in [-0.25, -0.2) is 15.0 Å². The van der Waals surface area contributed by atoms with Crippen molar-refractivity contribution in [3.63, 3.8) is 0 Å². The van der Waals surface area contributed by atoms with E-state index < -0.39 is 0 Å². The molecule has 0 aliphatic carbocycles. The molecule has 0 bridgehead atoms. The van der Waals surface area contributed by atoms with Crippen LogP contribution < -0.4 is 4.74 Å². The lowest BCUT2D eigenvalue weighted by Gasteiger charge is -2.15. The predicted octanol–water partition coefficient (Wildman–Crippen LogP) is 11.7. The number of benzene rings is 6. The van der Waals surface area contributed by atoms with Crippen LogP contribution in [0.3, 0.4) is 0 Å². The third kappa shape index (κ3) is 4.09. The lowest BCUT2D eigenvalue weighted by atomic mass is 9.92. The summed E-state index contributed by atoms with van der Waals surface area (Å²) >= 11 is 0. The van der Waals surface area contributed by atoms with Crippen LogP contribution in [0.1, 0.15) is 16.7 Å². The SMILES string of the molecule is Cc1cc(C)c(-c2ccc3c(c2)c2ccc(Oc4ccc5c6cccnc6n6c7ccccc7nc6c5c4)cc2c2nc4ccccc4n32)c(C)c1. The van der Waals surface area contributed by atoms with Gasteiger partial charge in [-0.2, -0.15) is 0 Å². The quantitative estimate of drug-likeness (QED) is 0.176. The van der Waals surface area contributed by atoms with Crippen molar-refractivity contribution in [1.29, 1.82) is 0 Å². The fourth-order valence-electron chi connectivity index (χ4n) is 8.54. The number of hydrogen-bond donors (Lipinski definition) is 0. The second-order valence-corrected chi connectivity index (χ2v) is 13.9. The molecule has 5 aromatic heterocycles. The smallest absolute Gasteiger partial charge is 0.147 e. The summed E-state index contributed by atoms with van der Waals surface area (Å²) in [6.07, 6.45) is 1.84. The zero-order valence-corrected chi connectivity index (χ0v) is 28.8. The molecule has 0 radical (unpaired) electrons. The third-order valence-electron chi connectivity index (χ3n) is 10.6. The van der Waals surface area contributed by atoms with Crippen molar-refractivity contribution < 1.29 is 4.74 Å². The average Bonchev–Trinajstić information content (AvgIpc) is 3.75. The van der Waals surface area contributed by atoms with Crippen molar-refractivity contribution in [2.75, 3.05) is 0 Å². The summed E-state index contributed by atoms with van der Waals surface area (Å²) in [4.78, 5) is 15.0. The Morgan fingerprint density at radius 1 is 0.462 bits per heavy atom. The van der Waals surface area contributed by atoms with Gasteiger partial charge in [-0.15, -0.1) is 0 Å². The van der Waals surface area contributed by atoms with Gasteiger partial charge in [-0.3, -0.25) is 8.80 Å². The lowest BCUT2D eigenvalue weighted by Crippen LogP contribution is -1.95. The molecule has 0 spiro atoms. The molecule has 0 atom stereocenters. The van der Waals surface area contributed by atoms with Crippen LogP contribution in [0.5, 0.6) is 11.5 Å². The zero-order chi connectivity index (χ0) is 34.7. The van der Waals surface area contributed by atoms with Crippen LogP contribution in [0.4, 0.5) is 0 Å². The first kappa shape index (κ1) is 29.0. The number of para-hydroxylation sites is 4. The van der Waals surface area contributed by atoms with Crippen LogP contribution in [0.25, 0.3) is 88.0 Å². The van der Waals surface area contributed by atoms with Crippen LogP contribution in [-0.2, 0) is 0 Å². The predicted molar refractivity (Wildman–Crippen MR) is 213 cm³/mol. The highest BCUT2D eigenvalue weighted by atomic mass is 16.5. The van der Waals surface area contributed by atoms with Gasteiger partial charge in [-0.1, -0.05) is 48.0 Å². The Hall–Kier alpha value is -6.79. The number of rotatable bonds is 3. The molecule has 0 fully saturated rings. The number of ether oxygens (including phenoxy) is 1. The molecule has 0 saturated carbocycles. The van der Waals surface area contributed by atoms with E-state index >= 15 is 0 Å². The minimum absolute atomic E-state index is 0.738. The number of imidazole rings is 2. The molecule has 6 heteroatoms. The monoisotopic (exact) mass is 669 g/mol. The van der Waals surface area contributed by atoms with Gasteiger partial charge in [0.15, 0.2) is 0 Å². The van der Waals surface area contributed by atoms with E-state index in [0.29, 0.717) is 0 Å². The van der Waals surface area contributed by atoms with Crippen LogP contribution in [0.2, 0.25) is 0 Å². The Morgan fingerprint density at radius 3 is 1.77 bits per heavy atom. The molecule has 6 nitrogen and oxygen atoms in total. The molecule has 11 aromatic rings. The lowest BCUT2D eigenvalue weighted by molar-refractivity contribution is 0.484. The fraction of sp³-hybridized carbons (Fsp3) is 0.0652. The summed E-state index contributed by atoms with van der Waals surface area (Å²) in [6.45, 7) is 6.58. The Bertz CT molecular complexity index is 3290. The van der Waals surface area contributed by atoms with Gasteiger partial charge in [0.1, 0.15) is 28.4 Å². The molecule has 52 heavy (non-hydrogen) atoms. The highest BCUT2D eigenvalue weighted by Crippen LogP contribution is 2.40. The second kappa shape index (κ2) is 10.6. The first-order chi connectivity index (χ1) is 25.5. The molecular weight excluding hydrogens is 639 g/mol. The molecule has 0 aliphatic heterocycles. The van der Waals surface area contributed by atoms with Crippen molar-refractivity contribution >= 4 is 76.8 Å². The molecule has 0 saturated heterocycles. The molecule has 0 N–H and O–H groups in total. The van der Waals surface area contributed by atoms with Gasteiger partial charge in [0.05, 0.1) is 27.6 Å². The summed E-state index contributed by atoms with van der Waals surface area (Å²) in [7, 11) is 0. The summed E-state index contributed by atoms with van der Waals surface area (Å²) in [6, 6.07) is 44.7. The Morgan fingerprint density at radius 2 is 1.08 bits per heavy atom. The standard InChI is InChI=1S/C46H31N5O/c1-26-21-27(2)43(28(3)22-26)29-14-19-40-35(23-29)33-18-16-31(25-37(33)45-48-38-10-4-6-12-41(38)50(40)45)52-30-15-17-32-34-9-8-20-47-44(34)51-42-13-7-5-11-39(42)49-46(51)36(32)24-30/h4-25H,1-3H3. The van der Waals surface area contributed by atoms with Crippen molar-refractivity contribution in [3.05, 3.63) is 150 Å². The van der Waals surface area contributed by atoms with E-state index in [1.807, 2.05) is 42.6 Å². The topological polar surface area (TPSA) is 56.7 Å². The van der Waals surface area contributed by atoms with E-state index in [1.165, 1.54) is 33.2 Å². The van der Waals surface area contributed by atoms with Crippen LogP contribution >= 0.6 is 0 Å². The first-order valence-corrected chi connectivity index (χ1v) is 17.6. The number of aryl methyl sites for hydroxylation is 3. The van der Waals surface area contributed by atoms with Crippen molar-refractivity contribution in [1.82, 2.24) is 23.8 Å². The summed E-state index contributed by atoms with van der Waals surface area (Å²) in [5, 5.41) is 6.52. The maximum Gasteiger partial charge on any atom is 0.147 e. The normalized spacial score (nSPS) is 12.1. The van der Waals surface area contributed by atoms with E-state index in [0.717, 1.165) is 83.0 Å². The third-order valence-corrected chi connectivity index (χ3v) is 10.6. The molecule has 246 valence electrons. The fourth-order valence-corrected chi connectivity index (χ4v) is 8.54. The van der Waals surface area contributed by atoms with E-state index in [9.17, 15) is 0 Å². The van der Waals surface area contributed by atoms with Gasteiger partial charge < -0.3 is 4.74 Å². The molecule has 0 unspecified atom stereocenters. The van der Waals surface area contributed by atoms with Crippen molar-refractivity contribution in [2.45, 2.75) is 20.8 Å². The molecule has 0 amide bonds. The summed E-state index contributed by atoms with van der Waals surface area (Å²) in [5.41, 5.74) is 14.1. The Balaban J connectivity index is 1.12. The van der Waals surface area contributed by atoms with Gasteiger partial charge in [-0.05, 0) is 139 Å². The van der Waals surface area contributed by atoms with E-state index in [-0.39, 0.29) is 0 Å². The highest BCUT2D eigenvalue weighted by molar-refractivity contribution is 6.15. The summed E-state index contributed by atoms with van der Waals surface area (Å²) < 4.78 is 11.2. The van der Waals surface area contributed by atoms with Crippen LogP contribution in [0, 0.1) is 20.8 Å². The van der Waals surface area contributed by atoms with Crippen molar-refractivity contribution in [2.24, 2.45) is 0 Å². The maximum absolute atomic E-state index is 6.71. The molecule has 5 heterocycles. The largest absolute Gasteiger partial charge is 0.457 e. The number of hydrogen-bond acceptors (Lipinski definition) is 4. The average molecular weight is 670 g/mol. The maximum atomic E-state index is 6.71. The van der Waals surface area contributed by atoms with Crippen LogP contribution in [-0.4, -0.2) is 23.8 Å². The second-order valence-electron chi connectivity index (χ2n) is 13.9. The van der Waals surface area contributed by atoms with Crippen LogP contribution in [0.15, 0.2) is 134 Å². The van der Waals surface area contributed by atoms with Gasteiger partial charge in [0.25, 0.3) is 0 Å². The summed E-state index contributed by atoms with van der Waals surface area (Å²) in [5.74, 6) is 1.48. The van der Waals surface area contributed by atoms with Crippen molar-refractivity contribution in [3.8, 4) is 22.6 Å². The van der Waals surface area contributed by atoms with E-state index in [2.05, 4.69) is 121 Å². The van der Waals surface area contributed by atoms with Gasteiger partial charge in [0.2, 0.25) is 0 Å². The molecule has 11 rings (SSSR count). The van der Waals surface area contributed by atoms with E-state index in [4.69, 9.17) is 19.7 Å². The highest BCUT2D eigenvalue weighted by Gasteiger charge is 2.18. The number of nitrogens with zero attached hydrogens (tertiary/aromatic N) is 5. The number of fused-ring (bicyclic) bond motifs is 16. The molecular formula is C46H31N5O. The minimum atomic E-state index is 0.738. The number of aromatic nitrogens is 5. The minimum Gasteiger partial charge on any atom is -0.457 e. The Kier molecular flexibility index (Phi) is 5.91.